The number of hydrogen-bond acceptors (Lipinski definition) is 5. The molecule has 0 aliphatic rings. The molecule has 6 nitrogen and oxygen atoms in total. The molecule has 1 N–H and O–H groups in total. The van der Waals surface area contributed by atoms with Gasteiger partial charge in [0.1, 0.15) is 0 Å². The maximum Gasteiger partial charge on any atom is 0.515 e. The van der Waals surface area contributed by atoms with Gasteiger partial charge in [-0.05, 0) is 44.9 Å². The maximum absolute atomic E-state index is 11.6. The summed E-state index contributed by atoms with van der Waals surface area (Å²) in [5.41, 5.74) is 3.80. The molecule has 26 heavy (non-hydrogen) atoms. The number of aromatic amines is 1. The number of carbonyl (C=O) groups excluding carboxylic acids is 1. The predicted molar refractivity (Wildman–Crippen MR) is 101 cm³/mol. The second-order valence-electron chi connectivity index (χ2n) is 6.21. The summed E-state index contributed by atoms with van der Waals surface area (Å²) in [5.74, 6) is 0.262. The van der Waals surface area contributed by atoms with Crippen LogP contribution in [0.3, 0.4) is 0 Å². The summed E-state index contributed by atoms with van der Waals surface area (Å²) in [6, 6.07) is 6.23. The quantitative estimate of drug-likeness (QED) is 0.626. The zero-order valence-electron chi connectivity index (χ0n) is 15.6. The highest BCUT2D eigenvalue weighted by atomic mass is 16.7. The van der Waals surface area contributed by atoms with Crippen molar-refractivity contribution in [3.63, 3.8) is 0 Å². The fraction of sp³-hybridized carbons (Fsp3) is 0.400. The molecule has 0 radical (unpaired) electrons. The van der Waals surface area contributed by atoms with Gasteiger partial charge < -0.3 is 19.2 Å². The molecule has 0 aliphatic heterocycles. The Morgan fingerprint density at radius 1 is 1.27 bits per heavy atom. The minimum Gasteiger partial charge on any atom is -0.434 e. The molecule has 1 unspecified atom stereocenters. The summed E-state index contributed by atoms with van der Waals surface area (Å²) >= 11 is 0. The van der Waals surface area contributed by atoms with Gasteiger partial charge in [-0.2, -0.15) is 0 Å². The standard InChI is InChI=1S/C20H24N2O4/c1-5-9-25-13(4)14-7-8-16-15(10-14)18-12(3)19(21-11-17(18)22-16)26-20(23)24-6-2/h7-8,10-11,13,22H,5-6,9H2,1-4H3. The Labute approximate surface area is 152 Å². The lowest BCUT2D eigenvalue weighted by Gasteiger charge is -2.13. The van der Waals surface area contributed by atoms with Gasteiger partial charge in [-0.3, -0.25) is 0 Å². The maximum atomic E-state index is 11.6. The molecular weight excluding hydrogens is 332 g/mol. The van der Waals surface area contributed by atoms with E-state index in [1.165, 1.54) is 0 Å². The Hall–Kier alpha value is -2.60. The number of aromatic nitrogens is 2. The van der Waals surface area contributed by atoms with E-state index in [1.54, 1.807) is 13.1 Å². The van der Waals surface area contributed by atoms with E-state index in [0.29, 0.717) is 0 Å². The normalized spacial score (nSPS) is 12.5. The first kappa shape index (κ1) is 18.2. The second kappa shape index (κ2) is 7.74. The van der Waals surface area contributed by atoms with Crippen LogP contribution in [-0.4, -0.2) is 29.3 Å². The van der Waals surface area contributed by atoms with Crippen molar-refractivity contribution >= 4 is 28.0 Å². The van der Waals surface area contributed by atoms with Gasteiger partial charge in [0.15, 0.2) is 0 Å². The number of aryl methyl sites for hydroxylation is 1. The zero-order valence-corrected chi connectivity index (χ0v) is 15.6. The summed E-state index contributed by atoms with van der Waals surface area (Å²) in [5, 5.41) is 2.04. The fourth-order valence-corrected chi connectivity index (χ4v) is 3.03. The molecule has 2 aromatic heterocycles. The summed E-state index contributed by atoms with van der Waals surface area (Å²) in [6.45, 7) is 8.75. The first-order valence-corrected chi connectivity index (χ1v) is 8.92. The molecular formula is C20H24N2O4. The summed E-state index contributed by atoms with van der Waals surface area (Å²) in [7, 11) is 0. The van der Waals surface area contributed by atoms with Crippen molar-refractivity contribution < 1.29 is 19.0 Å². The smallest absolute Gasteiger partial charge is 0.434 e. The molecule has 1 aromatic carbocycles. The number of hydrogen-bond donors (Lipinski definition) is 1. The molecule has 0 amide bonds. The van der Waals surface area contributed by atoms with E-state index in [-0.39, 0.29) is 18.6 Å². The zero-order chi connectivity index (χ0) is 18.7. The van der Waals surface area contributed by atoms with Crippen molar-refractivity contribution in [1.82, 2.24) is 9.97 Å². The van der Waals surface area contributed by atoms with E-state index in [9.17, 15) is 4.79 Å². The van der Waals surface area contributed by atoms with Gasteiger partial charge in [0.05, 0.1) is 24.4 Å². The minimum atomic E-state index is -0.746. The SMILES string of the molecule is CCCOC(C)c1ccc2[nH]c3cnc(OC(=O)OCC)c(C)c3c2c1. The van der Waals surface area contributed by atoms with Crippen molar-refractivity contribution in [2.75, 3.05) is 13.2 Å². The minimum absolute atomic E-state index is 0.0155. The van der Waals surface area contributed by atoms with Crippen LogP contribution in [0.1, 0.15) is 44.4 Å². The Balaban J connectivity index is 2.04. The van der Waals surface area contributed by atoms with Crippen LogP contribution in [0.4, 0.5) is 4.79 Å². The summed E-state index contributed by atoms with van der Waals surface area (Å²) < 4.78 is 15.9. The number of benzene rings is 1. The lowest BCUT2D eigenvalue weighted by molar-refractivity contribution is 0.0663. The third kappa shape index (κ3) is 3.51. The number of nitrogens with one attached hydrogen (secondary N) is 1. The van der Waals surface area contributed by atoms with E-state index in [2.05, 4.69) is 35.9 Å². The molecule has 0 spiro atoms. The molecule has 0 bridgehead atoms. The van der Waals surface area contributed by atoms with Crippen LogP contribution < -0.4 is 4.74 Å². The average Bonchev–Trinajstić information content (AvgIpc) is 3.00. The molecule has 138 valence electrons. The molecule has 0 fully saturated rings. The largest absolute Gasteiger partial charge is 0.515 e. The van der Waals surface area contributed by atoms with E-state index < -0.39 is 6.16 Å². The van der Waals surface area contributed by atoms with Crippen LogP contribution in [0.5, 0.6) is 5.88 Å². The third-order valence-corrected chi connectivity index (χ3v) is 4.34. The van der Waals surface area contributed by atoms with Crippen molar-refractivity contribution in [2.24, 2.45) is 0 Å². The van der Waals surface area contributed by atoms with Gasteiger partial charge in [0.25, 0.3) is 0 Å². The molecule has 1 atom stereocenters. The fourth-order valence-electron chi connectivity index (χ4n) is 3.03. The van der Waals surface area contributed by atoms with Gasteiger partial charge in [-0.15, -0.1) is 0 Å². The number of fused-ring (bicyclic) bond motifs is 3. The van der Waals surface area contributed by atoms with Crippen LogP contribution in [0, 0.1) is 6.92 Å². The highest BCUT2D eigenvalue weighted by Gasteiger charge is 2.16. The number of pyridine rings is 1. The van der Waals surface area contributed by atoms with Crippen molar-refractivity contribution in [3.05, 3.63) is 35.5 Å². The lowest BCUT2D eigenvalue weighted by Crippen LogP contribution is -2.11. The van der Waals surface area contributed by atoms with Gasteiger partial charge in [-0.25, -0.2) is 9.78 Å². The second-order valence-corrected chi connectivity index (χ2v) is 6.21. The number of H-pyrrole nitrogens is 1. The van der Waals surface area contributed by atoms with E-state index in [4.69, 9.17) is 14.2 Å². The highest BCUT2D eigenvalue weighted by molar-refractivity contribution is 6.09. The van der Waals surface area contributed by atoms with E-state index >= 15 is 0 Å². The Bertz CT molecular complexity index is 932. The van der Waals surface area contributed by atoms with Crippen molar-refractivity contribution in [3.8, 4) is 5.88 Å². The van der Waals surface area contributed by atoms with Crippen LogP contribution in [0.15, 0.2) is 24.4 Å². The monoisotopic (exact) mass is 356 g/mol. The average molecular weight is 356 g/mol. The highest BCUT2D eigenvalue weighted by Crippen LogP contribution is 2.33. The van der Waals surface area contributed by atoms with Gasteiger partial charge in [0.2, 0.25) is 5.88 Å². The van der Waals surface area contributed by atoms with Gasteiger partial charge >= 0.3 is 6.16 Å². The van der Waals surface area contributed by atoms with Crippen LogP contribution >= 0.6 is 0 Å². The van der Waals surface area contributed by atoms with E-state index in [0.717, 1.165) is 46.0 Å². The molecule has 0 saturated heterocycles. The third-order valence-electron chi connectivity index (χ3n) is 4.34. The summed E-state index contributed by atoms with van der Waals surface area (Å²) in [6.07, 6.45) is 1.93. The van der Waals surface area contributed by atoms with Crippen molar-refractivity contribution in [1.29, 1.82) is 0 Å². The number of rotatable bonds is 6. The van der Waals surface area contributed by atoms with E-state index in [1.807, 2.05) is 13.0 Å². The predicted octanol–water partition coefficient (Wildman–Crippen LogP) is 5.05. The molecule has 2 heterocycles. The molecule has 0 saturated carbocycles. The van der Waals surface area contributed by atoms with Crippen molar-refractivity contribution in [2.45, 2.75) is 40.2 Å². The summed E-state index contributed by atoms with van der Waals surface area (Å²) in [4.78, 5) is 19.2. The Morgan fingerprint density at radius 3 is 2.81 bits per heavy atom. The van der Waals surface area contributed by atoms with Crippen LogP contribution in [0.25, 0.3) is 21.8 Å². The van der Waals surface area contributed by atoms with Crippen LogP contribution in [-0.2, 0) is 9.47 Å². The van der Waals surface area contributed by atoms with Crippen LogP contribution in [0.2, 0.25) is 0 Å². The number of nitrogens with zero attached hydrogens (tertiary/aromatic N) is 1. The van der Waals surface area contributed by atoms with Gasteiger partial charge in [0, 0.05) is 28.5 Å². The number of carbonyl (C=O) groups is 1. The lowest BCUT2D eigenvalue weighted by atomic mass is 10.0. The molecule has 0 aliphatic carbocycles. The molecule has 3 rings (SSSR count). The first-order valence-electron chi connectivity index (χ1n) is 8.92. The Morgan fingerprint density at radius 2 is 2.08 bits per heavy atom. The topological polar surface area (TPSA) is 73.4 Å². The van der Waals surface area contributed by atoms with Gasteiger partial charge in [-0.1, -0.05) is 13.0 Å². The Kier molecular flexibility index (Phi) is 5.42. The molecule has 3 aromatic rings. The molecule has 6 heteroatoms. The first-order chi connectivity index (χ1) is 12.5. The number of ether oxygens (including phenoxy) is 3.